The second-order valence-electron chi connectivity index (χ2n) is 13.2. The van der Waals surface area contributed by atoms with E-state index < -0.39 is 0 Å². The number of nitrogens with zero attached hydrogens (tertiary/aromatic N) is 4. The van der Waals surface area contributed by atoms with Gasteiger partial charge in [0.2, 0.25) is 0 Å². The van der Waals surface area contributed by atoms with Crippen LogP contribution < -0.4 is 64.4 Å². The standard InChI is InChI=1S/C44H62N6.2BrH/c1-5-49(6-2)41-25-19-37(20-26-41)17-23-39-29-33-47(35-43(39)45)31-15-13-11-9-10-12-14-16-32-48-34-30-40(44(46)36-48)24-18-38-21-27-42(28-22-38)50(7-3)8-4;;/h17-30,33-36H,5-16,31-32,45-46H2,1-4H3;2*1H/q+2;;/p-2. The molecular formula is C44H62Br2N6. The summed E-state index contributed by atoms with van der Waals surface area (Å²) in [5, 5.41) is 0. The van der Waals surface area contributed by atoms with Crippen LogP contribution in [0.4, 0.5) is 22.7 Å². The minimum Gasteiger partial charge on any atom is -1.00 e. The summed E-state index contributed by atoms with van der Waals surface area (Å²) >= 11 is 0. The zero-order chi connectivity index (χ0) is 35.6. The maximum absolute atomic E-state index is 6.41. The lowest BCUT2D eigenvalue weighted by molar-refractivity contribution is -0.696. The van der Waals surface area contributed by atoms with Crippen LogP contribution in [0.5, 0.6) is 0 Å². The van der Waals surface area contributed by atoms with Gasteiger partial charge in [0, 0.05) is 73.7 Å². The number of nitrogen functional groups attached to an aromatic ring is 2. The van der Waals surface area contributed by atoms with E-state index in [9.17, 15) is 0 Å². The fourth-order valence-electron chi connectivity index (χ4n) is 6.51. The largest absolute Gasteiger partial charge is 1.00 e. The average Bonchev–Trinajstić information content (AvgIpc) is 3.13. The van der Waals surface area contributed by atoms with Crippen molar-refractivity contribution < 1.29 is 43.1 Å². The molecule has 0 amide bonds. The molecule has 0 aliphatic carbocycles. The molecule has 0 aliphatic heterocycles. The van der Waals surface area contributed by atoms with E-state index in [-0.39, 0.29) is 34.0 Å². The van der Waals surface area contributed by atoms with Gasteiger partial charge in [-0.2, -0.15) is 0 Å². The highest BCUT2D eigenvalue weighted by molar-refractivity contribution is 5.76. The number of aromatic nitrogens is 2. The van der Waals surface area contributed by atoms with E-state index >= 15 is 0 Å². The van der Waals surface area contributed by atoms with E-state index in [0.29, 0.717) is 0 Å². The van der Waals surface area contributed by atoms with Gasteiger partial charge in [0.15, 0.2) is 24.8 Å². The van der Waals surface area contributed by atoms with Crippen molar-refractivity contribution in [2.45, 2.75) is 92.2 Å². The molecule has 282 valence electrons. The lowest BCUT2D eigenvalue weighted by Crippen LogP contribution is -3.00. The highest BCUT2D eigenvalue weighted by Gasteiger charge is 2.08. The summed E-state index contributed by atoms with van der Waals surface area (Å²) in [7, 11) is 0. The van der Waals surface area contributed by atoms with Crippen LogP contribution in [0.15, 0.2) is 85.5 Å². The van der Waals surface area contributed by atoms with E-state index in [2.05, 4.69) is 156 Å². The number of unbranched alkanes of at least 4 members (excludes halogenated alkanes) is 7. The fraction of sp³-hybridized carbons (Fsp3) is 0.409. The second-order valence-corrected chi connectivity index (χ2v) is 13.2. The first-order chi connectivity index (χ1) is 24.4. The van der Waals surface area contributed by atoms with Crippen molar-refractivity contribution in [3.63, 3.8) is 0 Å². The molecule has 0 saturated heterocycles. The molecule has 0 saturated carbocycles. The molecular weight excluding hydrogens is 772 g/mol. The van der Waals surface area contributed by atoms with Crippen molar-refractivity contribution >= 4 is 47.1 Å². The summed E-state index contributed by atoms with van der Waals surface area (Å²) in [6, 6.07) is 21.7. The molecule has 0 aliphatic rings. The van der Waals surface area contributed by atoms with Gasteiger partial charge in [-0.3, -0.25) is 0 Å². The lowest BCUT2D eigenvalue weighted by atomic mass is 10.1. The molecule has 0 spiro atoms. The van der Waals surface area contributed by atoms with Gasteiger partial charge in [0.05, 0.1) is 0 Å². The van der Waals surface area contributed by atoms with Crippen LogP contribution in [0.3, 0.4) is 0 Å². The first-order valence-corrected chi connectivity index (χ1v) is 19.1. The zero-order valence-corrected chi connectivity index (χ0v) is 35.2. The summed E-state index contributed by atoms with van der Waals surface area (Å²) in [5.41, 5.74) is 21.5. The Bertz CT molecular complexity index is 1510. The van der Waals surface area contributed by atoms with Crippen LogP contribution in [0.2, 0.25) is 0 Å². The van der Waals surface area contributed by atoms with Crippen molar-refractivity contribution in [1.29, 1.82) is 0 Å². The third-order valence-electron chi connectivity index (χ3n) is 9.70. The van der Waals surface area contributed by atoms with Gasteiger partial charge in [-0.15, -0.1) is 0 Å². The van der Waals surface area contributed by atoms with Gasteiger partial charge in [-0.25, -0.2) is 9.13 Å². The molecule has 0 fully saturated rings. The maximum atomic E-state index is 6.41. The number of aryl methyl sites for hydroxylation is 2. The molecule has 2 heterocycles. The number of hydrogen-bond acceptors (Lipinski definition) is 4. The summed E-state index contributed by atoms with van der Waals surface area (Å²) in [4.78, 5) is 4.71. The Hall–Kier alpha value is -3.62. The molecule has 0 unspecified atom stereocenters. The molecule has 8 heteroatoms. The number of nitrogens with two attached hydrogens (primary N) is 2. The van der Waals surface area contributed by atoms with Crippen molar-refractivity contribution in [2.75, 3.05) is 47.4 Å². The second kappa shape index (κ2) is 24.6. The normalized spacial score (nSPS) is 11.1. The van der Waals surface area contributed by atoms with E-state index in [4.69, 9.17) is 11.5 Å². The summed E-state index contributed by atoms with van der Waals surface area (Å²) in [6.45, 7) is 14.9. The Labute approximate surface area is 335 Å². The molecule has 2 aromatic carbocycles. The zero-order valence-electron chi connectivity index (χ0n) is 32.0. The number of benzene rings is 2. The monoisotopic (exact) mass is 832 g/mol. The first kappa shape index (κ1) is 44.5. The third kappa shape index (κ3) is 14.4. The maximum Gasteiger partial charge on any atom is 0.192 e. The van der Waals surface area contributed by atoms with Gasteiger partial charge in [0.25, 0.3) is 0 Å². The van der Waals surface area contributed by atoms with Gasteiger partial charge < -0.3 is 55.2 Å². The lowest BCUT2D eigenvalue weighted by Gasteiger charge is -2.20. The van der Waals surface area contributed by atoms with E-state index in [1.807, 2.05) is 0 Å². The molecule has 52 heavy (non-hydrogen) atoms. The van der Waals surface area contributed by atoms with Crippen LogP contribution in [0.25, 0.3) is 24.3 Å². The first-order valence-electron chi connectivity index (χ1n) is 19.1. The van der Waals surface area contributed by atoms with Crippen molar-refractivity contribution in [3.8, 4) is 0 Å². The van der Waals surface area contributed by atoms with Crippen LogP contribution in [0.1, 0.15) is 101 Å². The Kier molecular flexibility index (Phi) is 21.1. The quantitative estimate of drug-likeness (QED) is 0.100. The SMILES string of the molecule is CCN(CC)c1ccc(/C=C/c2cc[n+](CCCCCCCCCC[n+]3ccc(/C=C/c4ccc(N(CC)CC)cc4)c(N)c3)cc2N)cc1.[Br-].[Br-]. The molecule has 0 bridgehead atoms. The predicted molar refractivity (Wildman–Crippen MR) is 217 cm³/mol. The van der Waals surface area contributed by atoms with Gasteiger partial charge in [-0.1, -0.05) is 74.3 Å². The number of rotatable bonds is 21. The smallest absolute Gasteiger partial charge is 0.192 e. The highest BCUT2D eigenvalue weighted by atomic mass is 79.9. The molecule has 4 N–H and O–H groups in total. The minimum atomic E-state index is 0. The average molecular weight is 835 g/mol. The van der Waals surface area contributed by atoms with Gasteiger partial charge in [0.1, 0.15) is 24.5 Å². The Morgan fingerprint density at radius 1 is 0.462 bits per heavy atom. The molecule has 4 rings (SSSR count). The van der Waals surface area contributed by atoms with Gasteiger partial charge in [-0.05, 0) is 75.9 Å². The molecule has 2 aromatic heterocycles. The van der Waals surface area contributed by atoms with E-state index in [1.54, 1.807) is 0 Å². The number of pyridine rings is 2. The fourth-order valence-corrected chi connectivity index (χ4v) is 6.51. The summed E-state index contributed by atoms with van der Waals surface area (Å²) in [5.74, 6) is 0. The number of hydrogen-bond donors (Lipinski definition) is 2. The molecule has 4 aromatic rings. The van der Waals surface area contributed by atoms with Crippen LogP contribution in [0, 0.1) is 0 Å². The Morgan fingerprint density at radius 3 is 1.10 bits per heavy atom. The number of anilines is 4. The van der Waals surface area contributed by atoms with Crippen LogP contribution in [-0.4, -0.2) is 26.2 Å². The topological polar surface area (TPSA) is 66.3 Å². The van der Waals surface area contributed by atoms with Crippen LogP contribution >= 0.6 is 0 Å². The van der Waals surface area contributed by atoms with Crippen molar-refractivity contribution in [2.24, 2.45) is 0 Å². The number of halogens is 2. The van der Waals surface area contributed by atoms with Gasteiger partial charge >= 0.3 is 0 Å². The molecule has 6 nitrogen and oxygen atoms in total. The van der Waals surface area contributed by atoms with Crippen molar-refractivity contribution in [3.05, 3.63) is 108 Å². The van der Waals surface area contributed by atoms with Crippen LogP contribution in [-0.2, 0) is 13.1 Å². The third-order valence-corrected chi connectivity index (χ3v) is 9.70. The summed E-state index contributed by atoms with van der Waals surface area (Å²) < 4.78 is 4.45. The van der Waals surface area contributed by atoms with E-state index in [0.717, 1.165) is 61.8 Å². The minimum absolute atomic E-state index is 0. The van der Waals surface area contributed by atoms with Crippen molar-refractivity contribution in [1.82, 2.24) is 0 Å². The molecule has 0 atom stereocenters. The van der Waals surface area contributed by atoms with E-state index in [1.165, 1.54) is 73.9 Å². The predicted octanol–water partition coefficient (Wildman–Crippen LogP) is 3.29. The summed E-state index contributed by atoms with van der Waals surface area (Å²) in [6.07, 6.45) is 27.1. The molecule has 0 radical (unpaired) electrons. The highest BCUT2D eigenvalue weighted by Crippen LogP contribution is 2.20. The Balaban J connectivity index is 0.00000468. The Morgan fingerprint density at radius 2 is 0.788 bits per heavy atom.